The van der Waals surface area contributed by atoms with E-state index in [0.717, 1.165) is 4.88 Å². The highest BCUT2D eigenvalue weighted by molar-refractivity contribution is 7.19. The van der Waals surface area contributed by atoms with Gasteiger partial charge in [-0.15, -0.1) is 11.3 Å². The third kappa shape index (κ3) is 2.11. The molecule has 19 heavy (non-hydrogen) atoms. The first kappa shape index (κ1) is 11.5. The number of hydrogen-bond donors (Lipinski definition) is 3. The van der Waals surface area contributed by atoms with E-state index in [0.29, 0.717) is 22.3 Å². The number of nitrogen functional groups attached to an aromatic ring is 1. The molecule has 2 heterocycles. The van der Waals surface area contributed by atoms with Crippen molar-refractivity contribution in [2.24, 2.45) is 0 Å². The van der Waals surface area contributed by atoms with Gasteiger partial charge >= 0.3 is 0 Å². The Bertz CT molecular complexity index is 735. The number of nitrogens with two attached hydrogens (primary N) is 1. The number of benzene rings is 1. The van der Waals surface area contributed by atoms with Gasteiger partial charge in [0.25, 0.3) is 5.89 Å². The molecule has 0 saturated carbocycles. The van der Waals surface area contributed by atoms with Crippen molar-refractivity contribution in [1.29, 1.82) is 0 Å². The Morgan fingerprint density at radius 2 is 1.95 bits per heavy atom. The zero-order chi connectivity index (χ0) is 13.4. The monoisotopic (exact) mass is 275 g/mol. The Hall–Kier alpha value is -2.54. The van der Waals surface area contributed by atoms with E-state index in [9.17, 15) is 10.2 Å². The van der Waals surface area contributed by atoms with Crippen molar-refractivity contribution in [2.75, 3.05) is 5.73 Å². The minimum absolute atomic E-state index is 0.196. The maximum atomic E-state index is 9.44. The zero-order valence-electron chi connectivity index (χ0n) is 9.57. The summed E-state index contributed by atoms with van der Waals surface area (Å²) in [5.74, 6) is 0.268. The second kappa shape index (κ2) is 4.29. The third-order valence-electron chi connectivity index (χ3n) is 2.50. The lowest BCUT2D eigenvalue weighted by Crippen LogP contribution is -1.80. The van der Waals surface area contributed by atoms with Gasteiger partial charge in [0.1, 0.15) is 0 Å². The average molecular weight is 275 g/mol. The highest BCUT2D eigenvalue weighted by Crippen LogP contribution is 2.32. The first-order valence-corrected chi connectivity index (χ1v) is 6.17. The Morgan fingerprint density at radius 3 is 2.63 bits per heavy atom. The molecule has 0 atom stereocenters. The van der Waals surface area contributed by atoms with Crippen LogP contribution in [-0.4, -0.2) is 20.4 Å². The van der Waals surface area contributed by atoms with Gasteiger partial charge < -0.3 is 20.5 Å². The van der Waals surface area contributed by atoms with Crippen LogP contribution in [0.3, 0.4) is 0 Å². The van der Waals surface area contributed by atoms with Crippen molar-refractivity contribution in [3.05, 3.63) is 30.3 Å². The summed E-state index contributed by atoms with van der Waals surface area (Å²) in [5, 5.41) is 23.2. The molecular formula is C12H9N3O3S. The Balaban J connectivity index is 1.98. The lowest BCUT2D eigenvalue weighted by molar-refractivity contribution is 0.404. The standard InChI is InChI=1S/C12H9N3O3S/c13-10-4-3-9(19-10)12-14-11(15-18-12)6-1-2-7(16)8(17)5-6/h1-5,16-17H,13H2. The first-order chi connectivity index (χ1) is 9.13. The van der Waals surface area contributed by atoms with Gasteiger partial charge in [-0.05, 0) is 30.3 Å². The van der Waals surface area contributed by atoms with Crippen LogP contribution in [0.5, 0.6) is 11.5 Å². The van der Waals surface area contributed by atoms with Crippen LogP contribution in [0.15, 0.2) is 34.9 Å². The molecule has 1 aromatic carbocycles. The quantitative estimate of drug-likeness (QED) is 0.620. The summed E-state index contributed by atoms with van der Waals surface area (Å²) in [4.78, 5) is 5.00. The van der Waals surface area contributed by atoms with Crippen molar-refractivity contribution < 1.29 is 14.7 Å². The molecule has 6 nitrogen and oxygen atoms in total. The maximum Gasteiger partial charge on any atom is 0.268 e. The number of anilines is 1. The van der Waals surface area contributed by atoms with E-state index in [1.54, 1.807) is 18.2 Å². The lowest BCUT2D eigenvalue weighted by Gasteiger charge is -1.98. The van der Waals surface area contributed by atoms with Crippen LogP contribution in [0.1, 0.15) is 0 Å². The molecule has 0 aliphatic rings. The van der Waals surface area contributed by atoms with Gasteiger partial charge in [-0.3, -0.25) is 0 Å². The summed E-state index contributed by atoms with van der Waals surface area (Å²) < 4.78 is 5.14. The van der Waals surface area contributed by atoms with Crippen LogP contribution in [-0.2, 0) is 0 Å². The second-order valence-corrected chi connectivity index (χ2v) is 4.94. The summed E-state index contributed by atoms with van der Waals surface area (Å²) in [6.45, 7) is 0. The van der Waals surface area contributed by atoms with Gasteiger partial charge in [-0.2, -0.15) is 4.98 Å². The van der Waals surface area contributed by atoms with E-state index in [2.05, 4.69) is 10.1 Å². The molecule has 0 amide bonds. The number of thiophene rings is 1. The third-order valence-corrected chi connectivity index (χ3v) is 3.40. The number of nitrogens with zero attached hydrogens (tertiary/aromatic N) is 2. The Morgan fingerprint density at radius 1 is 1.11 bits per heavy atom. The fourth-order valence-corrected chi connectivity index (χ4v) is 2.27. The Labute approximate surface area is 111 Å². The van der Waals surface area contributed by atoms with Gasteiger partial charge in [0.15, 0.2) is 11.5 Å². The number of phenols is 2. The van der Waals surface area contributed by atoms with E-state index in [1.807, 2.05) is 0 Å². The molecule has 0 saturated heterocycles. The van der Waals surface area contributed by atoms with Gasteiger partial charge in [0.2, 0.25) is 5.82 Å². The largest absolute Gasteiger partial charge is 0.504 e. The normalized spacial score (nSPS) is 10.7. The van der Waals surface area contributed by atoms with E-state index < -0.39 is 0 Å². The molecule has 0 bridgehead atoms. The van der Waals surface area contributed by atoms with Crippen LogP contribution in [0.4, 0.5) is 5.00 Å². The number of phenolic OH excluding ortho intramolecular Hbond substituents is 2. The molecule has 0 radical (unpaired) electrons. The second-order valence-electron chi connectivity index (χ2n) is 3.83. The highest BCUT2D eigenvalue weighted by Gasteiger charge is 2.13. The Kier molecular flexibility index (Phi) is 2.60. The summed E-state index contributed by atoms with van der Waals surface area (Å²) in [7, 11) is 0. The predicted octanol–water partition coefficient (Wildman–Crippen LogP) is 2.46. The van der Waals surface area contributed by atoms with Gasteiger partial charge in [-0.25, -0.2) is 0 Å². The number of hydrogen-bond acceptors (Lipinski definition) is 7. The van der Waals surface area contributed by atoms with E-state index in [1.165, 1.54) is 23.5 Å². The summed E-state index contributed by atoms with van der Waals surface area (Å²) in [6, 6.07) is 7.88. The van der Waals surface area contributed by atoms with Crippen LogP contribution < -0.4 is 5.73 Å². The molecular weight excluding hydrogens is 266 g/mol. The molecule has 0 aliphatic carbocycles. The van der Waals surface area contributed by atoms with Crippen molar-refractivity contribution in [3.8, 4) is 33.7 Å². The lowest BCUT2D eigenvalue weighted by atomic mass is 10.2. The minimum Gasteiger partial charge on any atom is -0.504 e. The van der Waals surface area contributed by atoms with Gasteiger partial charge in [0.05, 0.1) is 9.88 Å². The highest BCUT2D eigenvalue weighted by atomic mass is 32.1. The molecule has 7 heteroatoms. The van der Waals surface area contributed by atoms with E-state index in [4.69, 9.17) is 10.3 Å². The predicted molar refractivity (Wildman–Crippen MR) is 70.8 cm³/mol. The fraction of sp³-hybridized carbons (Fsp3) is 0. The summed E-state index contributed by atoms with van der Waals surface area (Å²) in [6.07, 6.45) is 0. The van der Waals surface area contributed by atoms with Crippen molar-refractivity contribution in [3.63, 3.8) is 0 Å². The summed E-state index contributed by atoms with van der Waals surface area (Å²) in [5.41, 5.74) is 6.19. The zero-order valence-corrected chi connectivity index (χ0v) is 10.4. The average Bonchev–Trinajstić information content (AvgIpc) is 3.01. The van der Waals surface area contributed by atoms with E-state index in [-0.39, 0.29) is 11.5 Å². The number of aromatic nitrogens is 2. The van der Waals surface area contributed by atoms with Crippen LogP contribution in [0.25, 0.3) is 22.2 Å². The molecule has 3 rings (SSSR count). The first-order valence-electron chi connectivity index (χ1n) is 5.35. The maximum absolute atomic E-state index is 9.44. The van der Waals surface area contributed by atoms with Crippen molar-refractivity contribution in [2.45, 2.75) is 0 Å². The molecule has 96 valence electrons. The smallest absolute Gasteiger partial charge is 0.268 e. The van der Waals surface area contributed by atoms with Crippen LogP contribution >= 0.6 is 11.3 Å². The fourth-order valence-electron chi connectivity index (χ4n) is 1.57. The number of rotatable bonds is 2. The van der Waals surface area contributed by atoms with Gasteiger partial charge in [0, 0.05) is 5.56 Å². The SMILES string of the molecule is Nc1ccc(-c2nc(-c3ccc(O)c(O)c3)no2)s1. The van der Waals surface area contributed by atoms with Crippen molar-refractivity contribution >= 4 is 16.3 Å². The minimum atomic E-state index is -0.232. The molecule has 4 N–H and O–H groups in total. The molecule has 0 fully saturated rings. The van der Waals surface area contributed by atoms with E-state index >= 15 is 0 Å². The van der Waals surface area contributed by atoms with Crippen LogP contribution in [0.2, 0.25) is 0 Å². The molecule has 0 unspecified atom stereocenters. The number of aromatic hydroxyl groups is 2. The molecule has 2 aromatic heterocycles. The van der Waals surface area contributed by atoms with Gasteiger partial charge in [-0.1, -0.05) is 5.16 Å². The summed E-state index contributed by atoms with van der Waals surface area (Å²) >= 11 is 1.35. The molecule has 0 aliphatic heterocycles. The topological polar surface area (TPSA) is 105 Å². The van der Waals surface area contributed by atoms with Crippen molar-refractivity contribution in [1.82, 2.24) is 10.1 Å². The molecule has 3 aromatic rings. The molecule has 0 spiro atoms. The van der Waals surface area contributed by atoms with Crippen LogP contribution in [0, 0.1) is 0 Å².